The average molecular weight is 375 g/mol. The third-order valence-corrected chi connectivity index (χ3v) is 5.22. The quantitative estimate of drug-likeness (QED) is 0.476. The molecule has 0 spiro atoms. The molecule has 0 bridgehead atoms. The molecule has 0 radical (unpaired) electrons. The highest BCUT2D eigenvalue weighted by Gasteiger charge is 2.44. The van der Waals surface area contributed by atoms with Gasteiger partial charge in [0.15, 0.2) is 0 Å². The number of anilines is 1. The van der Waals surface area contributed by atoms with Gasteiger partial charge < -0.3 is 4.57 Å². The Morgan fingerprint density at radius 3 is 2.30 bits per heavy atom. The van der Waals surface area contributed by atoms with Gasteiger partial charge in [-0.2, -0.15) is 5.26 Å². The maximum absolute atomic E-state index is 13.2. The van der Waals surface area contributed by atoms with Crippen LogP contribution in [-0.4, -0.2) is 20.8 Å². The second-order valence-electron chi connectivity index (χ2n) is 6.34. The second-order valence-corrected chi connectivity index (χ2v) is 6.78. The lowest BCUT2D eigenvalue weighted by Crippen LogP contribution is -2.30. The van der Waals surface area contributed by atoms with Gasteiger partial charge in [0.05, 0.1) is 22.3 Å². The van der Waals surface area contributed by atoms with Crippen molar-refractivity contribution in [3.8, 4) is 6.07 Å². The number of amides is 2. The molecule has 0 atom stereocenters. The van der Waals surface area contributed by atoms with Crippen LogP contribution in [0.3, 0.4) is 0 Å². The highest BCUT2D eigenvalue weighted by Crippen LogP contribution is 2.37. The summed E-state index contributed by atoms with van der Waals surface area (Å²) in [6, 6.07) is 16.1. The molecule has 5 rings (SSSR count). The fourth-order valence-electron chi connectivity index (χ4n) is 3.81. The summed E-state index contributed by atoms with van der Waals surface area (Å²) in [6.45, 7) is 0. The van der Waals surface area contributed by atoms with Gasteiger partial charge in [0.25, 0.3) is 11.8 Å². The number of fused-ring (bicyclic) bond motifs is 5. The normalized spacial score (nSPS) is 13.6. The number of rotatable bonds is 1. The first-order valence-corrected chi connectivity index (χ1v) is 8.58. The summed E-state index contributed by atoms with van der Waals surface area (Å²) >= 11 is 5.91. The number of imide groups is 1. The Hall–Kier alpha value is -3.56. The predicted octanol–water partition coefficient (Wildman–Crippen LogP) is 3.76. The van der Waals surface area contributed by atoms with Crippen LogP contribution in [0.15, 0.2) is 48.5 Å². The van der Waals surface area contributed by atoms with E-state index < -0.39 is 11.8 Å². The summed E-state index contributed by atoms with van der Waals surface area (Å²) in [4.78, 5) is 27.4. The highest BCUT2D eigenvalue weighted by atomic mass is 35.5. The average Bonchev–Trinajstić information content (AvgIpc) is 3.25. The molecule has 0 saturated carbocycles. The number of hydrogen-bond donors (Lipinski definition) is 0. The largest absolute Gasteiger partial charge is 0.328 e. The summed E-state index contributed by atoms with van der Waals surface area (Å²) in [6.07, 6.45) is 0. The van der Waals surface area contributed by atoms with Crippen molar-refractivity contribution in [2.75, 3.05) is 4.90 Å². The van der Waals surface area contributed by atoms with Crippen molar-refractivity contribution in [1.29, 1.82) is 5.26 Å². The van der Waals surface area contributed by atoms with Crippen molar-refractivity contribution < 1.29 is 9.59 Å². The minimum absolute atomic E-state index is 0.147. The fourth-order valence-corrected chi connectivity index (χ4v) is 3.94. The van der Waals surface area contributed by atoms with Crippen LogP contribution >= 0.6 is 11.6 Å². The second kappa shape index (κ2) is 5.22. The third-order valence-electron chi connectivity index (χ3n) is 4.97. The van der Waals surface area contributed by atoms with Crippen LogP contribution in [0.25, 0.3) is 16.7 Å². The number of carbonyl (C=O) groups excluding carboxylic acids is 2. The number of para-hydroxylation sites is 2. The lowest BCUT2D eigenvalue weighted by atomic mass is 10.1. The predicted molar refractivity (Wildman–Crippen MR) is 101 cm³/mol. The Balaban J connectivity index is 1.86. The number of aromatic nitrogens is 2. The molecule has 2 aromatic heterocycles. The van der Waals surface area contributed by atoms with Crippen LogP contribution in [0.2, 0.25) is 5.02 Å². The molecule has 2 amide bonds. The molecule has 0 fully saturated rings. The number of imidazole rings is 1. The van der Waals surface area contributed by atoms with E-state index in [-0.39, 0.29) is 16.8 Å². The number of halogens is 1. The zero-order chi connectivity index (χ0) is 18.9. The van der Waals surface area contributed by atoms with Crippen LogP contribution in [-0.2, 0) is 7.05 Å². The van der Waals surface area contributed by atoms with E-state index in [1.165, 1.54) is 0 Å². The van der Waals surface area contributed by atoms with E-state index in [1.54, 1.807) is 28.7 Å². The molecular weight excluding hydrogens is 364 g/mol. The summed E-state index contributed by atoms with van der Waals surface area (Å²) < 4.78 is 3.54. The molecule has 3 heterocycles. The lowest BCUT2D eigenvalue weighted by molar-refractivity contribution is 0.0924. The molecule has 1 aliphatic heterocycles. The van der Waals surface area contributed by atoms with Crippen LogP contribution in [0.4, 0.5) is 5.69 Å². The molecule has 1 aliphatic rings. The number of benzene rings is 2. The summed E-state index contributed by atoms with van der Waals surface area (Å²) in [5.41, 5.74) is 3.18. The minimum Gasteiger partial charge on any atom is -0.328 e. The Morgan fingerprint density at radius 2 is 1.63 bits per heavy atom. The van der Waals surface area contributed by atoms with E-state index in [0.717, 1.165) is 15.9 Å². The van der Waals surface area contributed by atoms with E-state index in [0.29, 0.717) is 16.4 Å². The molecule has 0 saturated heterocycles. The highest BCUT2D eigenvalue weighted by molar-refractivity contribution is 6.36. The summed E-state index contributed by atoms with van der Waals surface area (Å²) in [7, 11) is 1.82. The van der Waals surface area contributed by atoms with E-state index in [4.69, 9.17) is 11.6 Å². The van der Waals surface area contributed by atoms with Crippen LogP contribution in [0.5, 0.6) is 0 Å². The number of carbonyl (C=O) groups is 2. The molecule has 0 N–H and O–H groups in total. The number of nitrogens with zero attached hydrogens (tertiary/aromatic N) is 4. The van der Waals surface area contributed by atoms with E-state index in [9.17, 15) is 14.9 Å². The van der Waals surface area contributed by atoms with Gasteiger partial charge >= 0.3 is 0 Å². The zero-order valence-electron chi connectivity index (χ0n) is 14.1. The number of aryl methyl sites for hydroxylation is 1. The molecular formula is C20H11ClN4O2. The van der Waals surface area contributed by atoms with Crippen LogP contribution in [0, 0.1) is 11.3 Å². The van der Waals surface area contributed by atoms with Gasteiger partial charge in [-0.05, 0) is 36.4 Å². The lowest BCUT2D eigenvalue weighted by Gasteiger charge is -2.14. The molecule has 6 nitrogen and oxygen atoms in total. The summed E-state index contributed by atoms with van der Waals surface area (Å²) in [5.74, 6) is -0.952. The maximum atomic E-state index is 13.2. The molecule has 27 heavy (non-hydrogen) atoms. The van der Waals surface area contributed by atoms with Crippen LogP contribution < -0.4 is 4.90 Å². The number of nitriles is 1. The van der Waals surface area contributed by atoms with Crippen molar-refractivity contribution in [3.63, 3.8) is 0 Å². The summed E-state index contributed by atoms with van der Waals surface area (Å²) in [5, 5.41) is 10.3. The number of hydrogen-bond acceptors (Lipinski definition) is 3. The van der Waals surface area contributed by atoms with Gasteiger partial charge in [-0.15, -0.1) is 0 Å². The first kappa shape index (κ1) is 15.7. The Labute approximate surface area is 158 Å². The van der Waals surface area contributed by atoms with Gasteiger partial charge in [0.2, 0.25) is 0 Å². The van der Waals surface area contributed by atoms with Crippen LogP contribution in [0.1, 0.15) is 26.4 Å². The van der Waals surface area contributed by atoms with Crippen molar-refractivity contribution in [1.82, 2.24) is 8.97 Å². The smallest absolute Gasteiger partial charge is 0.283 e. The van der Waals surface area contributed by atoms with Gasteiger partial charge in [-0.25, -0.2) is 4.90 Å². The first-order valence-electron chi connectivity index (χ1n) is 8.21. The Morgan fingerprint density at radius 1 is 0.963 bits per heavy atom. The minimum atomic E-state index is -0.498. The molecule has 130 valence electrons. The van der Waals surface area contributed by atoms with Crippen molar-refractivity contribution in [3.05, 3.63) is 70.4 Å². The molecule has 4 aromatic rings. The van der Waals surface area contributed by atoms with E-state index >= 15 is 0 Å². The van der Waals surface area contributed by atoms with E-state index in [1.807, 2.05) is 35.9 Å². The third kappa shape index (κ3) is 1.84. The maximum Gasteiger partial charge on any atom is 0.283 e. The SMILES string of the molecule is Cn1c2ccccc2n2c3c(c(C#N)c12)C(=O)N(c1ccc(Cl)cc1)C3=O. The van der Waals surface area contributed by atoms with Gasteiger partial charge in [0, 0.05) is 12.1 Å². The zero-order valence-corrected chi connectivity index (χ0v) is 14.9. The van der Waals surface area contributed by atoms with Crippen molar-refractivity contribution in [2.24, 2.45) is 7.05 Å². The monoisotopic (exact) mass is 374 g/mol. The Bertz CT molecular complexity index is 1340. The van der Waals surface area contributed by atoms with E-state index in [2.05, 4.69) is 6.07 Å². The molecule has 0 unspecified atom stereocenters. The topological polar surface area (TPSA) is 70.5 Å². The van der Waals surface area contributed by atoms with Gasteiger partial charge in [-0.3, -0.25) is 14.0 Å². The molecule has 2 aromatic carbocycles. The van der Waals surface area contributed by atoms with Gasteiger partial charge in [-0.1, -0.05) is 23.7 Å². The standard InChI is InChI=1S/C20H11ClN4O2/c1-23-14-4-2-3-5-15(14)25-17-16(13(10-22)18(23)25)19(26)24(20(17)27)12-8-6-11(21)7-9-12/h2-9H,1H3. The molecule has 7 heteroatoms. The Kier molecular flexibility index (Phi) is 3.03. The van der Waals surface area contributed by atoms with Crippen molar-refractivity contribution >= 4 is 45.8 Å². The molecule has 0 aliphatic carbocycles. The van der Waals surface area contributed by atoms with Crippen molar-refractivity contribution in [2.45, 2.75) is 0 Å². The van der Waals surface area contributed by atoms with Gasteiger partial charge in [0.1, 0.15) is 23.0 Å². The fraction of sp³-hybridized carbons (Fsp3) is 0.0500. The first-order chi connectivity index (χ1) is 13.0.